The predicted octanol–water partition coefficient (Wildman–Crippen LogP) is 3.18. The monoisotopic (exact) mass is 411 g/mol. The van der Waals surface area contributed by atoms with E-state index in [0.717, 1.165) is 23.4 Å². The fourth-order valence-electron chi connectivity index (χ4n) is 2.70. The summed E-state index contributed by atoms with van der Waals surface area (Å²) in [6, 6.07) is 5.55. The molecule has 3 aromatic heterocycles. The molecule has 1 aliphatic carbocycles. The van der Waals surface area contributed by atoms with Gasteiger partial charge in [-0.25, -0.2) is 22.9 Å². The number of nitrogens with zero attached hydrogens (tertiary/aromatic N) is 4. The van der Waals surface area contributed by atoms with Crippen LogP contribution in [0.1, 0.15) is 25.5 Å². The number of nitrogens with one attached hydrogen (secondary N) is 1. The summed E-state index contributed by atoms with van der Waals surface area (Å²) in [6.45, 7) is 1.51. The van der Waals surface area contributed by atoms with Crippen LogP contribution in [0.15, 0.2) is 35.4 Å². The summed E-state index contributed by atoms with van der Waals surface area (Å²) in [5, 5.41) is 6.63. The Hall–Kier alpha value is -2.69. The Morgan fingerprint density at radius 1 is 1.21 bits per heavy atom. The van der Waals surface area contributed by atoms with Gasteiger partial charge < -0.3 is 5.32 Å². The first kappa shape index (κ1) is 18.7. The molecular weight excluding hydrogens is 395 g/mol. The maximum absolute atomic E-state index is 12.9. The molecule has 0 unspecified atom stereocenters. The molecule has 0 aromatic carbocycles. The standard InChI is InChI=1S/C17H16F3N5O2S/c1-2-28(26,27)12-5-6-14(21-10-3-4-10)23-16(12)11-7-8-25-15(22-11)9-13(24-25)17(18,19)20/h5-10H,2-4H2,1H3,(H,21,23). The summed E-state index contributed by atoms with van der Waals surface area (Å²) < 4.78 is 64.6. The topological polar surface area (TPSA) is 89.2 Å². The molecule has 0 atom stereocenters. The van der Waals surface area contributed by atoms with Crippen molar-refractivity contribution in [3.05, 3.63) is 36.2 Å². The molecule has 1 N–H and O–H groups in total. The van der Waals surface area contributed by atoms with Crippen molar-refractivity contribution in [1.82, 2.24) is 19.6 Å². The minimum absolute atomic E-state index is 0.0104. The minimum atomic E-state index is -4.60. The zero-order valence-electron chi connectivity index (χ0n) is 14.7. The lowest BCUT2D eigenvalue weighted by atomic mass is 10.2. The third-order valence-electron chi connectivity index (χ3n) is 4.36. The Balaban J connectivity index is 1.85. The lowest BCUT2D eigenvalue weighted by Gasteiger charge is -2.11. The summed E-state index contributed by atoms with van der Waals surface area (Å²) in [7, 11) is -3.61. The number of rotatable bonds is 5. The molecule has 7 nitrogen and oxygen atoms in total. The lowest BCUT2D eigenvalue weighted by molar-refractivity contribution is -0.141. The molecule has 0 radical (unpaired) electrons. The normalized spacial score (nSPS) is 15.1. The fraction of sp³-hybridized carbons (Fsp3) is 0.353. The summed E-state index contributed by atoms with van der Waals surface area (Å²) in [5.41, 5.74) is -0.861. The number of pyridine rings is 1. The van der Waals surface area contributed by atoms with Crippen molar-refractivity contribution in [3.63, 3.8) is 0 Å². The Bertz CT molecular complexity index is 1150. The van der Waals surface area contributed by atoms with E-state index in [1.165, 1.54) is 25.3 Å². The highest BCUT2D eigenvalue weighted by atomic mass is 32.2. The van der Waals surface area contributed by atoms with Crippen LogP contribution < -0.4 is 5.32 Å². The molecule has 4 rings (SSSR count). The highest BCUT2D eigenvalue weighted by Gasteiger charge is 2.34. The van der Waals surface area contributed by atoms with Crippen LogP contribution in [0.25, 0.3) is 17.0 Å². The average Bonchev–Trinajstić information content (AvgIpc) is 3.34. The van der Waals surface area contributed by atoms with Crippen LogP contribution in [-0.4, -0.2) is 39.8 Å². The molecule has 0 saturated heterocycles. The zero-order valence-corrected chi connectivity index (χ0v) is 15.5. The summed E-state index contributed by atoms with van der Waals surface area (Å²) in [6.07, 6.45) is -1.28. The van der Waals surface area contributed by atoms with E-state index in [-0.39, 0.29) is 27.7 Å². The van der Waals surface area contributed by atoms with Crippen LogP contribution in [0, 0.1) is 0 Å². The van der Waals surface area contributed by atoms with Crippen LogP contribution >= 0.6 is 0 Å². The largest absolute Gasteiger partial charge is 0.435 e. The van der Waals surface area contributed by atoms with Crippen LogP contribution in [0.4, 0.5) is 19.0 Å². The van der Waals surface area contributed by atoms with Gasteiger partial charge in [0.25, 0.3) is 0 Å². The van der Waals surface area contributed by atoms with Gasteiger partial charge in [0.05, 0.1) is 16.3 Å². The second kappa shape index (κ2) is 6.43. The van der Waals surface area contributed by atoms with E-state index in [1.54, 1.807) is 6.07 Å². The van der Waals surface area contributed by atoms with Crippen molar-refractivity contribution in [2.45, 2.75) is 36.9 Å². The highest BCUT2D eigenvalue weighted by Crippen LogP contribution is 2.31. The fourth-order valence-corrected chi connectivity index (χ4v) is 3.73. The van der Waals surface area contributed by atoms with Crippen LogP contribution in [0.5, 0.6) is 0 Å². The molecule has 1 saturated carbocycles. The van der Waals surface area contributed by atoms with Crippen LogP contribution in [-0.2, 0) is 16.0 Å². The third kappa shape index (κ3) is 3.53. The first-order valence-electron chi connectivity index (χ1n) is 8.62. The molecule has 0 amide bonds. The predicted molar refractivity (Wildman–Crippen MR) is 95.6 cm³/mol. The average molecular weight is 411 g/mol. The maximum atomic E-state index is 12.9. The Labute approximate surface area is 158 Å². The summed E-state index contributed by atoms with van der Waals surface area (Å²) in [4.78, 5) is 8.55. The Morgan fingerprint density at radius 2 is 1.96 bits per heavy atom. The molecule has 3 aromatic rings. The van der Waals surface area contributed by atoms with Gasteiger partial charge in [-0.15, -0.1) is 0 Å². The van der Waals surface area contributed by atoms with Gasteiger partial charge in [-0.2, -0.15) is 18.3 Å². The second-order valence-electron chi connectivity index (χ2n) is 6.51. The van der Waals surface area contributed by atoms with Crippen molar-refractivity contribution in [2.24, 2.45) is 0 Å². The van der Waals surface area contributed by atoms with Gasteiger partial charge in [0.15, 0.2) is 21.2 Å². The number of hydrogen-bond donors (Lipinski definition) is 1. The number of hydrogen-bond acceptors (Lipinski definition) is 6. The van der Waals surface area contributed by atoms with E-state index >= 15 is 0 Å². The van der Waals surface area contributed by atoms with Crippen molar-refractivity contribution in [1.29, 1.82) is 0 Å². The maximum Gasteiger partial charge on any atom is 0.435 e. The summed E-state index contributed by atoms with van der Waals surface area (Å²) in [5.74, 6) is 0.364. The molecule has 3 heterocycles. The van der Waals surface area contributed by atoms with Gasteiger partial charge in [0.1, 0.15) is 11.5 Å². The molecule has 1 fully saturated rings. The Morgan fingerprint density at radius 3 is 2.61 bits per heavy atom. The van der Waals surface area contributed by atoms with E-state index in [4.69, 9.17) is 0 Å². The minimum Gasteiger partial charge on any atom is -0.367 e. The molecule has 148 valence electrons. The SMILES string of the molecule is CCS(=O)(=O)c1ccc(NC2CC2)nc1-c1ccn2nc(C(F)(F)F)cc2n1. The number of halogens is 3. The van der Waals surface area contributed by atoms with E-state index in [0.29, 0.717) is 11.9 Å². The third-order valence-corrected chi connectivity index (χ3v) is 6.12. The molecule has 0 spiro atoms. The van der Waals surface area contributed by atoms with Crippen LogP contribution in [0.3, 0.4) is 0 Å². The summed E-state index contributed by atoms with van der Waals surface area (Å²) >= 11 is 0. The lowest BCUT2D eigenvalue weighted by Crippen LogP contribution is -2.10. The smallest absolute Gasteiger partial charge is 0.367 e. The zero-order chi connectivity index (χ0) is 20.1. The van der Waals surface area contributed by atoms with Gasteiger partial charge in [0, 0.05) is 18.3 Å². The second-order valence-corrected chi connectivity index (χ2v) is 8.75. The quantitative estimate of drug-likeness (QED) is 0.694. The van der Waals surface area contributed by atoms with Crippen molar-refractivity contribution in [2.75, 3.05) is 11.1 Å². The van der Waals surface area contributed by atoms with Gasteiger partial charge in [-0.1, -0.05) is 6.92 Å². The van der Waals surface area contributed by atoms with Crippen LogP contribution in [0.2, 0.25) is 0 Å². The first-order chi connectivity index (χ1) is 13.2. The van der Waals surface area contributed by atoms with Crippen molar-refractivity contribution in [3.8, 4) is 11.4 Å². The molecule has 1 aliphatic rings. The molecule has 11 heteroatoms. The Kier molecular flexibility index (Phi) is 4.29. The van der Waals surface area contributed by atoms with E-state index in [1.807, 2.05) is 0 Å². The number of aromatic nitrogens is 4. The molecule has 28 heavy (non-hydrogen) atoms. The van der Waals surface area contributed by atoms with Gasteiger partial charge in [0.2, 0.25) is 0 Å². The number of fused-ring (bicyclic) bond motifs is 1. The van der Waals surface area contributed by atoms with E-state index in [2.05, 4.69) is 20.4 Å². The van der Waals surface area contributed by atoms with E-state index in [9.17, 15) is 21.6 Å². The molecule has 0 bridgehead atoms. The van der Waals surface area contributed by atoms with E-state index < -0.39 is 21.7 Å². The van der Waals surface area contributed by atoms with Crippen molar-refractivity contribution >= 4 is 21.3 Å². The van der Waals surface area contributed by atoms with Gasteiger partial charge in [-0.3, -0.25) is 0 Å². The highest BCUT2D eigenvalue weighted by molar-refractivity contribution is 7.91. The molecular formula is C17H16F3N5O2S. The first-order valence-corrected chi connectivity index (χ1v) is 10.3. The van der Waals surface area contributed by atoms with Gasteiger partial charge >= 0.3 is 6.18 Å². The van der Waals surface area contributed by atoms with Gasteiger partial charge in [-0.05, 0) is 31.0 Å². The van der Waals surface area contributed by atoms with Crippen molar-refractivity contribution < 1.29 is 21.6 Å². The molecule has 0 aliphatic heterocycles. The number of alkyl halides is 3. The number of anilines is 1. The number of sulfone groups is 1.